The summed E-state index contributed by atoms with van der Waals surface area (Å²) in [5, 5.41) is 0. The second kappa shape index (κ2) is 1.94. The number of hydrogen-bond donors (Lipinski definition) is 0. The van der Waals surface area contributed by atoms with Gasteiger partial charge in [-0.2, -0.15) is 0 Å². The van der Waals surface area contributed by atoms with Crippen molar-refractivity contribution >= 4 is 17.3 Å². The third-order valence-electron chi connectivity index (χ3n) is 1.75. The molecule has 0 saturated heterocycles. The van der Waals surface area contributed by atoms with Gasteiger partial charge in [0.05, 0.1) is 11.5 Å². The van der Waals surface area contributed by atoms with E-state index in [0.29, 0.717) is 11.8 Å². The molecule has 1 aliphatic carbocycles. The number of nitrogens with zero attached hydrogens (tertiary/aromatic N) is 1. The van der Waals surface area contributed by atoms with E-state index >= 15 is 0 Å². The van der Waals surface area contributed by atoms with Crippen molar-refractivity contribution in [1.82, 2.24) is 0 Å². The Labute approximate surface area is 61.9 Å². The largest absolute Gasteiger partial charge is 0.276 e. The van der Waals surface area contributed by atoms with Crippen LogP contribution in [0.5, 0.6) is 0 Å². The maximum absolute atomic E-state index is 12.3. The predicted octanol–water partition coefficient (Wildman–Crippen LogP) is 1.95. The summed E-state index contributed by atoms with van der Waals surface area (Å²) in [6, 6.07) is 0.676. The third kappa shape index (κ3) is 0.944. The minimum atomic E-state index is -2.43. The summed E-state index contributed by atoms with van der Waals surface area (Å²) < 4.78 is 24.7. The fourth-order valence-electron chi connectivity index (χ4n) is 1.03. The Morgan fingerprint density at radius 3 is 2.80 bits per heavy atom. The molecule has 4 heteroatoms. The van der Waals surface area contributed by atoms with E-state index in [9.17, 15) is 8.78 Å². The molecule has 1 fully saturated rings. The Hall–Kier alpha value is -0.120. The highest BCUT2D eigenvalue weighted by Gasteiger charge is 2.61. The second-order valence-corrected chi connectivity index (χ2v) is 3.39. The molecule has 2 aliphatic rings. The topological polar surface area (TPSA) is 12.4 Å². The van der Waals surface area contributed by atoms with E-state index < -0.39 is 11.8 Å². The quantitative estimate of drug-likeness (QED) is 0.574. The third-order valence-corrected chi connectivity index (χ3v) is 2.47. The van der Waals surface area contributed by atoms with Gasteiger partial charge in [-0.25, -0.2) is 8.78 Å². The standard InChI is InChI=1S/C6H6F2NS/c7-6(8)1-4(6)5-2-10-3-9-5/h3-4H,1-2H2. The number of thioether (sulfide) groups is 1. The second-order valence-electron chi connectivity index (χ2n) is 2.55. The number of rotatable bonds is 1. The van der Waals surface area contributed by atoms with Crippen LogP contribution in [0.25, 0.3) is 0 Å². The van der Waals surface area contributed by atoms with Gasteiger partial charge in [-0.1, -0.05) is 0 Å². The first-order chi connectivity index (χ1) is 4.70. The van der Waals surface area contributed by atoms with Crippen LogP contribution >= 0.6 is 11.8 Å². The highest BCUT2D eigenvalue weighted by atomic mass is 32.2. The first kappa shape index (κ1) is 6.58. The molecule has 0 aromatic heterocycles. The monoisotopic (exact) mass is 162 g/mol. The van der Waals surface area contributed by atoms with Gasteiger partial charge in [0.1, 0.15) is 6.04 Å². The molecule has 1 saturated carbocycles. The summed E-state index contributed by atoms with van der Waals surface area (Å²) >= 11 is 1.49. The molecule has 1 nitrogen and oxygen atoms in total. The average Bonchev–Trinajstić information content (AvgIpc) is 2.31. The van der Waals surface area contributed by atoms with Crippen LogP contribution in [-0.4, -0.2) is 17.2 Å². The first-order valence-corrected chi connectivity index (χ1v) is 4.13. The summed E-state index contributed by atoms with van der Waals surface area (Å²) in [5.41, 5.74) is 1.64. The van der Waals surface area contributed by atoms with Crippen molar-refractivity contribution in [2.24, 2.45) is 10.9 Å². The minimum absolute atomic E-state index is 0.0141. The molecule has 1 aliphatic heterocycles. The van der Waals surface area contributed by atoms with E-state index in [4.69, 9.17) is 0 Å². The van der Waals surface area contributed by atoms with Gasteiger partial charge < -0.3 is 0 Å². The van der Waals surface area contributed by atoms with E-state index in [1.807, 2.05) is 0 Å². The zero-order valence-corrected chi connectivity index (χ0v) is 6.00. The van der Waals surface area contributed by atoms with Crippen molar-refractivity contribution in [3.63, 3.8) is 0 Å². The lowest BCUT2D eigenvalue weighted by atomic mass is 10.2. The SMILES string of the molecule is FC1(F)CC1[C]1CSC=N1. The Balaban J connectivity index is 1.97. The molecule has 0 aromatic carbocycles. The van der Waals surface area contributed by atoms with E-state index in [-0.39, 0.29) is 6.42 Å². The molecule has 0 aromatic rings. The van der Waals surface area contributed by atoms with Gasteiger partial charge in [0, 0.05) is 12.2 Å². The fourth-order valence-corrected chi connectivity index (χ4v) is 1.76. The fraction of sp³-hybridized carbons (Fsp3) is 0.667. The van der Waals surface area contributed by atoms with Crippen LogP contribution in [0.4, 0.5) is 8.78 Å². The normalized spacial score (nSPS) is 36.8. The number of alkyl halides is 2. The summed E-state index contributed by atoms with van der Waals surface area (Å²) in [6.45, 7) is 0. The van der Waals surface area contributed by atoms with E-state index in [1.54, 1.807) is 5.55 Å². The van der Waals surface area contributed by atoms with Crippen molar-refractivity contribution < 1.29 is 8.78 Å². The molecular weight excluding hydrogens is 156 g/mol. The van der Waals surface area contributed by atoms with Crippen molar-refractivity contribution in [2.45, 2.75) is 12.3 Å². The van der Waals surface area contributed by atoms with Crippen molar-refractivity contribution in [2.75, 3.05) is 5.75 Å². The van der Waals surface area contributed by atoms with Gasteiger partial charge in [-0.3, -0.25) is 4.99 Å². The van der Waals surface area contributed by atoms with Crippen LogP contribution in [0.2, 0.25) is 0 Å². The molecule has 0 amide bonds. The van der Waals surface area contributed by atoms with Crippen molar-refractivity contribution in [3.8, 4) is 0 Å². The van der Waals surface area contributed by atoms with Gasteiger partial charge in [0.25, 0.3) is 5.92 Å². The molecule has 0 N–H and O–H groups in total. The Morgan fingerprint density at radius 1 is 1.70 bits per heavy atom. The van der Waals surface area contributed by atoms with Crippen molar-refractivity contribution in [3.05, 3.63) is 6.04 Å². The van der Waals surface area contributed by atoms with Gasteiger partial charge in [0.2, 0.25) is 0 Å². The molecule has 1 unspecified atom stereocenters. The zero-order valence-electron chi connectivity index (χ0n) is 5.18. The Morgan fingerprint density at radius 2 is 2.40 bits per heavy atom. The van der Waals surface area contributed by atoms with Gasteiger partial charge >= 0.3 is 0 Å². The molecule has 1 heterocycles. The molecule has 55 valence electrons. The Kier molecular flexibility index (Phi) is 1.27. The van der Waals surface area contributed by atoms with Crippen LogP contribution in [0.3, 0.4) is 0 Å². The molecule has 1 radical (unpaired) electrons. The number of aliphatic imine (C=N–C) groups is 1. The lowest BCUT2D eigenvalue weighted by Crippen LogP contribution is -2.03. The van der Waals surface area contributed by atoms with E-state index in [1.165, 1.54) is 11.8 Å². The zero-order chi connectivity index (χ0) is 7.19. The molecule has 0 spiro atoms. The van der Waals surface area contributed by atoms with Gasteiger partial charge in [-0.05, 0) is 0 Å². The van der Waals surface area contributed by atoms with Crippen LogP contribution in [-0.2, 0) is 0 Å². The van der Waals surface area contributed by atoms with E-state index in [0.717, 1.165) is 0 Å². The summed E-state index contributed by atoms with van der Waals surface area (Å²) in [4.78, 5) is 3.87. The highest BCUT2D eigenvalue weighted by Crippen LogP contribution is 2.55. The van der Waals surface area contributed by atoms with Crippen LogP contribution in [0, 0.1) is 12.0 Å². The van der Waals surface area contributed by atoms with E-state index in [2.05, 4.69) is 4.99 Å². The van der Waals surface area contributed by atoms with Gasteiger partial charge in [0.15, 0.2) is 0 Å². The summed E-state index contributed by atoms with van der Waals surface area (Å²) in [6.07, 6.45) is 0.0141. The number of halogens is 2. The summed E-state index contributed by atoms with van der Waals surface area (Å²) in [5.74, 6) is -2.29. The Bertz CT molecular complexity index is 181. The molecule has 2 rings (SSSR count). The highest BCUT2D eigenvalue weighted by molar-refractivity contribution is 8.12. The predicted molar refractivity (Wildman–Crippen MR) is 37.2 cm³/mol. The maximum atomic E-state index is 12.3. The molecular formula is C6H6F2NS. The summed E-state index contributed by atoms with van der Waals surface area (Å²) in [7, 11) is 0. The average molecular weight is 162 g/mol. The first-order valence-electron chi connectivity index (χ1n) is 3.08. The minimum Gasteiger partial charge on any atom is -0.276 e. The van der Waals surface area contributed by atoms with Crippen LogP contribution in [0.15, 0.2) is 4.99 Å². The smallest absolute Gasteiger partial charge is 0.254 e. The van der Waals surface area contributed by atoms with Gasteiger partial charge in [-0.15, -0.1) is 11.8 Å². The lowest BCUT2D eigenvalue weighted by molar-refractivity contribution is 0.102. The van der Waals surface area contributed by atoms with Crippen molar-refractivity contribution in [1.29, 1.82) is 0 Å². The molecule has 1 atom stereocenters. The number of hydrogen-bond acceptors (Lipinski definition) is 2. The molecule has 10 heavy (non-hydrogen) atoms. The maximum Gasteiger partial charge on any atom is 0.254 e. The lowest BCUT2D eigenvalue weighted by Gasteiger charge is -2.00. The van der Waals surface area contributed by atoms with Crippen LogP contribution < -0.4 is 0 Å². The van der Waals surface area contributed by atoms with Crippen LogP contribution in [0.1, 0.15) is 6.42 Å². The molecule has 0 bridgehead atoms.